The highest BCUT2D eigenvalue weighted by Gasteiger charge is 2.10. The third-order valence-corrected chi connectivity index (χ3v) is 2.86. The van der Waals surface area contributed by atoms with E-state index in [4.69, 9.17) is 11.6 Å². The zero-order valence-corrected chi connectivity index (χ0v) is 11.7. The molecule has 1 N–H and O–H groups in total. The first-order valence-electron chi connectivity index (χ1n) is 6.22. The molecule has 0 aliphatic heterocycles. The van der Waals surface area contributed by atoms with Gasteiger partial charge in [0.2, 0.25) is 5.91 Å². The zero-order chi connectivity index (χ0) is 13.8. The highest BCUT2D eigenvalue weighted by molar-refractivity contribution is 6.30. The molecule has 1 aromatic carbocycles. The van der Waals surface area contributed by atoms with Gasteiger partial charge in [0.1, 0.15) is 5.82 Å². The summed E-state index contributed by atoms with van der Waals surface area (Å²) in [5, 5.41) is 7.88. The van der Waals surface area contributed by atoms with Crippen molar-refractivity contribution >= 4 is 23.3 Å². The van der Waals surface area contributed by atoms with Crippen molar-refractivity contribution in [1.29, 1.82) is 0 Å². The van der Waals surface area contributed by atoms with Crippen molar-refractivity contribution in [3.63, 3.8) is 0 Å². The van der Waals surface area contributed by atoms with Crippen LogP contribution >= 0.6 is 11.6 Å². The molecule has 0 aliphatic rings. The van der Waals surface area contributed by atoms with E-state index in [0.29, 0.717) is 17.3 Å². The van der Waals surface area contributed by atoms with Crippen molar-refractivity contribution in [2.75, 3.05) is 5.32 Å². The summed E-state index contributed by atoms with van der Waals surface area (Å²) in [6, 6.07) is 9.20. The Morgan fingerprint density at radius 3 is 2.89 bits per heavy atom. The first-order valence-corrected chi connectivity index (χ1v) is 6.60. The molecule has 1 amide bonds. The van der Waals surface area contributed by atoms with Gasteiger partial charge in [-0.05, 0) is 31.5 Å². The molecule has 0 aliphatic carbocycles. The number of nitrogens with zero attached hydrogens (tertiary/aromatic N) is 2. The van der Waals surface area contributed by atoms with Crippen molar-refractivity contribution in [3.05, 3.63) is 41.0 Å². The van der Waals surface area contributed by atoms with Crippen LogP contribution in [-0.2, 0) is 4.79 Å². The van der Waals surface area contributed by atoms with E-state index in [9.17, 15) is 4.79 Å². The number of halogens is 1. The molecular weight excluding hydrogens is 262 g/mol. The maximum Gasteiger partial charge on any atom is 0.225 e. The quantitative estimate of drug-likeness (QED) is 0.929. The summed E-state index contributed by atoms with van der Waals surface area (Å²) in [5.74, 6) is 0.656. The number of anilines is 1. The fraction of sp³-hybridized carbons (Fsp3) is 0.286. The summed E-state index contributed by atoms with van der Waals surface area (Å²) in [6.45, 7) is 3.86. The number of hydrogen-bond acceptors (Lipinski definition) is 2. The number of nitrogens with one attached hydrogen (secondary N) is 1. The van der Waals surface area contributed by atoms with Gasteiger partial charge in [0.15, 0.2) is 0 Å². The van der Waals surface area contributed by atoms with Gasteiger partial charge < -0.3 is 5.32 Å². The van der Waals surface area contributed by atoms with Gasteiger partial charge in [-0.15, -0.1) is 0 Å². The monoisotopic (exact) mass is 277 g/mol. The van der Waals surface area contributed by atoms with E-state index in [0.717, 1.165) is 17.8 Å². The summed E-state index contributed by atoms with van der Waals surface area (Å²) < 4.78 is 1.69. The summed E-state index contributed by atoms with van der Waals surface area (Å²) in [4.78, 5) is 11.7. The van der Waals surface area contributed by atoms with Crippen molar-refractivity contribution < 1.29 is 4.79 Å². The van der Waals surface area contributed by atoms with Crippen LogP contribution in [-0.4, -0.2) is 15.7 Å². The van der Waals surface area contributed by atoms with Gasteiger partial charge in [-0.2, -0.15) is 5.10 Å². The van der Waals surface area contributed by atoms with E-state index >= 15 is 0 Å². The molecule has 1 heterocycles. The Morgan fingerprint density at radius 2 is 2.21 bits per heavy atom. The van der Waals surface area contributed by atoms with Gasteiger partial charge in [-0.1, -0.05) is 24.6 Å². The fourth-order valence-corrected chi connectivity index (χ4v) is 2.01. The van der Waals surface area contributed by atoms with Crippen LogP contribution in [0, 0.1) is 6.92 Å². The average Bonchev–Trinajstić information content (AvgIpc) is 2.70. The van der Waals surface area contributed by atoms with Gasteiger partial charge in [-0.3, -0.25) is 4.79 Å². The third-order valence-electron chi connectivity index (χ3n) is 2.63. The molecule has 19 heavy (non-hydrogen) atoms. The van der Waals surface area contributed by atoms with Gasteiger partial charge >= 0.3 is 0 Å². The number of rotatable bonds is 4. The number of hydrogen-bond donors (Lipinski definition) is 1. The predicted octanol–water partition coefficient (Wildman–Crippen LogP) is 3.57. The lowest BCUT2D eigenvalue weighted by Crippen LogP contribution is -2.14. The van der Waals surface area contributed by atoms with Gasteiger partial charge in [0.25, 0.3) is 0 Å². The molecule has 0 unspecified atom stereocenters. The van der Waals surface area contributed by atoms with Crippen LogP contribution in [0.25, 0.3) is 5.69 Å². The zero-order valence-electron chi connectivity index (χ0n) is 11.0. The van der Waals surface area contributed by atoms with Crippen LogP contribution in [0.15, 0.2) is 30.3 Å². The van der Waals surface area contributed by atoms with Crippen LogP contribution < -0.4 is 5.32 Å². The Morgan fingerprint density at radius 1 is 1.42 bits per heavy atom. The number of carbonyl (C=O) groups is 1. The minimum atomic E-state index is -0.00863. The lowest BCUT2D eigenvalue weighted by atomic mass is 10.3. The summed E-state index contributed by atoms with van der Waals surface area (Å²) in [7, 11) is 0. The molecule has 5 heteroatoms. The topological polar surface area (TPSA) is 46.9 Å². The van der Waals surface area contributed by atoms with Gasteiger partial charge in [-0.25, -0.2) is 4.68 Å². The van der Waals surface area contributed by atoms with Crippen LogP contribution in [0.4, 0.5) is 5.82 Å². The molecule has 0 bridgehead atoms. The Labute approximate surface area is 117 Å². The second-order valence-electron chi connectivity index (χ2n) is 4.36. The molecule has 4 nitrogen and oxygen atoms in total. The van der Waals surface area contributed by atoms with Gasteiger partial charge in [0.05, 0.1) is 11.4 Å². The van der Waals surface area contributed by atoms with Crippen LogP contribution in [0.3, 0.4) is 0 Å². The van der Waals surface area contributed by atoms with E-state index < -0.39 is 0 Å². The molecular formula is C14H16ClN3O. The molecule has 0 atom stereocenters. The Balaban J connectivity index is 2.33. The molecule has 2 rings (SSSR count). The average molecular weight is 278 g/mol. The number of aryl methyl sites for hydroxylation is 1. The largest absolute Gasteiger partial charge is 0.311 e. The lowest BCUT2D eigenvalue weighted by Gasteiger charge is -2.08. The lowest BCUT2D eigenvalue weighted by molar-refractivity contribution is -0.116. The minimum absolute atomic E-state index is 0.00863. The van der Waals surface area contributed by atoms with Gasteiger partial charge in [0, 0.05) is 17.5 Å². The maximum absolute atomic E-state index is 11.7. The first kappa shape index (κ1) is 13.6. The highest BCUT2D eigenvalue weighted by Crippen LogP contribution is 2.20. The summed E-state index contributed by atoms with van der Waals surface area (Å²) in [6.07, 6.45) is 1.32. The molecule has 0 saturated carbocycles. The van der Waals surface area contributed by atoms with E-state index in [1.54, 1.807) is 10.7 Å². The number of carbonyl (C=O) groups excluding carboxylic acids is 1. The van der Waals surface area contributed by atoms with E-state index in [-0.39, 0.29) is 5.91 Å². The van der Waals surface area contributed by atoms with Crippen molar-refractivity contribution in [1.82, 2.24) is 9.78 Å². The Kier molecular flexibility index (Phi) is 4.22. The van der Waals surface area contributed by atoms with E-state index in [1.807, 2.05) is 38.1 Å². The summed E-state index contributed by atoms with van der Waals surface area (Å²) >= 11 is 5.98. The molecule has 0 saturated heterocycles. The standard InChI is InChI=1S/C14H16ClN3O/c1-3-5-14(19)16-13-8-10(2)17-18(13)12-7-4-6-11(15)9-12/h4,6-9H,3,5H2,1-2H3,(H,16,19). The molecule has 2 aromatic rings. The van der Waals surface area contributed by atoms with Crippen molar-refractivity contribution in [2.24, 2.45) is 0 Å². The predicted molar refractivity (Wildman–Crippen MR) is 76.8 cm³/mol. The first-order chi connectivity index (χ1) is 9.10. The highest BCUT2D eigenvalue weighted by atomic mass is 35.5. The minimum Gasteiger partial charge on any atom is -0.311 e. The SMILES string of the molecule is CCCC(=O)Nc1cc(C)nn1-c1cccc(Cl)c1. The fourth-order valence-electron chi connectivity index (χ4n) is 1.83. The van der Waals surface area contributed by atoms with Crippen LogP contribution in [0.5, 0.6) is 0 Å². The maximum atomic E-state index is 11.7. The smallest absolute Gasteiger partial charge is 0.225 e. The number of benzene rings is 1. The number of aromatic nitrogens is 2. The number of amides is 1. The van der Waals surface area contributed by atoms with E-state index in [1.165, 1.54) is 0 Å². The van der Waals surface area contributed by atoms with Crippen molar-refractivity contribution in [2.45, 2.75) is 26.7 Å². The Bertz CT molecular complexity index is 592. The molecule has 0 spiro atoms. The summed E-state index contributed by atoms with van der Waals surface area (Å²) in [5.41, 5.74) is 1.67. The molecule has 0 fully saturated rings. The molecule has 0 radical (unpaired) electrons. The third kappa shape index (κ3) is 3.35. The molecule has 100 valence electrons. The van der Waals surface area contributed by atoms with Crippen LogP contribution in [0.1, 0.15) is 25.5 Å². The second-order valence-corrected chi connectivity index (χ2v) is 4.80. The van der Waals surface area contributed by atoms with Crippen molar-refractivity contribution in [3.8, 4) is 5.69 Å². The van der Waals surface area contributed by atoms with E-state index in [2.05, 4.69) is 10.4 Å². The second kappa shape index (κ2) is 5.89. The van der Waals surface area contributed by atoms with Crippen LogP contribution in [0.2, 0.25) is 5.02 Å². The molecule has 1 aromatic heterocycles. The normalized spacial score (nSPS) is 10.5. The Hall–Kier alpha value is -1.81.